The van der Waals surface area contributed by atoms with Gasteiger partial charge < -0.3 is 14.4 Å². The first-order chi connectivity index (χ1) is 9.31. The van der Waals surface area contributed by atoms with Crippen molar-refractivity contribution in [2.75, 3.05) is 13.7 Å². The summed E-state index contributed by atoms with van der Waals surface area (Å²) in [7, 11) is 1.72. The molecular formula is C16H23NO3. The summed E-state index contributed by atoms with van der Waals surface area (Å²) in [5.74, 6) is 0.786. The summed E-state index contributed by atoms with van der Waals surface area (Å²) < 4.78 is 10.7. The van der Waals surface area contributed by atoms with Crippen molar-refractivity contribution in [3.05, 3.63) is 42.5 Å². The summed E-state index contributed by atoms with van der Waals surface area (Å²) in [5.41, 5.74) is 0.539. The number of benzene rings is 1. The summed E-state index contributed by atoms with van der Waals surface area (Å²) in [5, 5.41) is 0. The normalized spacial score (nSPS) is 10.8. The number of ether oxygens (including phenoxy) is 2. The molecule has 1 rings (SSSR count). The van der Waals surface area contributed by atoms with Crippen LogP contribution in [0, 0.1) is 0 Å². The monoisotopic (exact) mass is 277 g/mol. The van der Waals surface area contributed by atoms with Crippen molar-refractivity contribution >= 4 is 6.09 Å². The number of carbonyl (C=O) groups is 1. The van der Waals surface area contributed by atoms with Crippen molar-refractivity contribution in [1.29, 1.82) is 0 Å². The van der Waals surface area contributed by atoms with Crippen LogP contribution < -0.4 is 4.74 Å². The predicted octanol–water partition coefficient (Wildman–Crippen LogP) is 3.62. The van der Waals surface area contributed by atoms with Crippen molar-refractivity contribution in [1.82, 2.24) is 4.90 Å². The highest BCUT2D eigenvalue weighted by atomic mass is 16.6. The van der Waals surface area contributed by atoms with Crippen molar-refractivity contribution in [2.24, 2.45) is 0 Å². The van der Waals surface area contributed by atoms with Gasteiger partial charge in [-0.15, -0.1) is 0 Å². The maximum Gasteiger partial charge on any atom is 0.410 e. The zero-order valence-corrected chi connectivity index (χ0v) is 12.7. The number of hydrogen-bond donors (Lipinski definition) is 0. The Morgan fingerprint density at radius 3 is 2.40 bits per heavy atom. The predicted molar refractivity (Wildman–Crippen MR) is 79.8 cm³/mol. The van der Waals surface area contributed by atoms with E-state index in [9.17, 15) is 4.79 Å². The summed E-state index contributed by atoms with van der Waals surface area (Å²) in [6.07, 6.45) is 1.37. The maximum absolute atomic E-state index is 11.8. The van der Waals surface area contributed by atoms with Gasteiger partial charge >= 0.3 is 6.09 Å². The van der Waals surface area contributed by atoms with Crippen LogP contribution in [0.25, 0.3) is 0 Å². The number of amides is 1. The molecule has 1 amide bonds. The third kappa shape index (κ3) is 5.78. The van der Waals surface area contributed by atoms with E-state index in [4.69, 9.17) is 9.47 Å². The molecule has 1 aromatic carbocycles. The van der Waals surface area contributed by atoms with Gasteiger partial charge in [-0.05, 0) is 38.5 Å². The number of rotatable bonds is 5. The topological polar surface area (TPSA) is 38.8 Å². The minimum absolute atomic E-state index is 0.329. The Bertz CT molecular complexity index is 446. The van der Waals surface area contributed by atoms with Crippen LogP contribution in [0.4, 0.5) is 4.79 Å². The van der Waals surface area contributed by atoms with Crippen LogP contribution >= 0.6 is 0 Å². The molecule has 0 saturated heterocycles. The Morgan fingerprint density at radius 1 is 1.30 bits per heavy atom. The van der Waals surface area contributed by atoms with E-state index in [0.29, 0.717) is 13.2 Å². The molecule has 4 nitrogen and oxygen atoms in total. The summed E-state index contributed by atoms with van der Waals surface area (Å²) in [6.45, 7) is 10.1. The molecule has 0 heterocycles. The highest BCUT2D eigenvalue weighted by Gasteiger charge is 2.19. The van der Waals surface area contributed by atoms with Gasteiger partial charge in [-0.3, -0.25) is 0 Å². The minimum Gasteiger partial charge on any atom is -0.490 e. The second kappa shape index (κ2) is 6.98. The van der Waals surface area contributed by atoms with E-state index < -0.39 is 5.60 Å². The van der Waals surface area contributed by atoms with Gasteiger partial charge in [0.1, 0.15) is 18.0 Å². The third-order valence-electron chi connectivity index (χ3n) is 2.42. The molecular weight excluding hydrogens is 254 g/mol. The van der Waals surface area contributed by atoms with E-state index in [1.807, 2.05) is 45.0 Å². The molecule has 0 aliphatic rings. The van der Waals surface area contributed by atoms with E-state index in [1.165, 1.54) is 0 Å². The highest BCUT2D eigenvalue weighted by Crippen LogP contribution is 2.15. The number of carbonyl (C=O) groups excluding carboxylic acids is 1. The van der Waals surface area contributed by atoms with Gasteiger partial charge in [0, 0.05) is 13.6 Å². The lowest BCUT2D eigenvalue weighted by Gasteiger charge is -2.24. The summed E-state index contributed by atoms with van der Waals surface area (Å²) in [6, 6.07) is 7.61. The molecule has 0 radical (unpaired) electrons. The molecule has 0 aliphatic carbocycles. The van der Waals surface area contributed by atoms with E-state index >= 15 is 0 Å². The lowest BCUT2D eigenvalue weighted by molar-refractivity contribution is 0.0285. The van der Waals surface area contributed by atoms with Crippen molar-refractivity contribution in [2.45, 2.75) is 32.9 Å². The van der Waals surface area contributed by atoms with E-state index in [0.717, 1.165) is 11.3 Å². The molecule has 4 heteroatoms. The van der Waals surface area contributed by atoms with E-state index in [1.54, 1.807) is 18.0 Å². The molecule has 0 fully saturated rings. The zero-order valence-electron chi connectivity index (χ0n) is 12.7. The second-order valence-electron chi connectivity index (χ2n) is 5.58. The van der Waals surface area contributed by atoms with Gasteiger partial charge in [0.25, 0.3) is 0 Å². The molecule has 0 spiro atoms. The van der Waals surface area contributed by atoms with Gasteiger partial charge in [0.05, 0.1) is 0 Å². The average molecular weight is 277 g/mol. The first-order valence-corrected chi connectivity index (χ1v) is 6.58. The van der Waals surface area contributed by atoms with Crippen LogP contribution in [-0.2, 0) is 11.3 Å². The molecule has 0 saturated carbocycles. The standard InChI is InChI=1S/C16H23NO3/c1-6-11-19-14-9-7-13(8-10-14)12-17(5)15(18)20-16(2,3)4/h6-10H,1,11-12H2,2-5H3. The van der Waals surface area contributed by atoms with Gasteiger partial charge in [0.2, 0.25) is 0 Å². The maximum atomic E-state index is 11.8. The van der Waals surface area contributed by atoms with Gasteiger partial charge in [-0.2, -0.15) is 0 Å². The fourth-order valence-electron chi connectivity index (χ4n) is 1.52. The Kier molecular flexibility index (Phi) is 5.62. The SMILES string of the molecule is C=CCOc1ccc(CN(C)C(=O)OC(C)(C)C)cc1. The van der Waals surface area contributed by atoms with Gasteiger partial charge in [0.15, 0.2) is 0 Å². The van der Waals surface area contributed by atoms with Gasteiger partial charge in [-0.25, -0.2) is 4.79 Å². The van der Waals surface area contributed by atoms with E-state index in [2.05, 4.69) is 6.58 Å². The minimum atomic E-state index is -0.478. The Morgan fingerprint density at radius 2 is 1.90 bits per heavy atom. The molecule has 110 valence electrons. The van der Waals surface area contributed by atoms with Crippen LogP contribution in [0.5, 0.6) is 5.75 Å². The third-order valence-corrected chi connectivity index (χ3v) is 2.42. The molecule has 0 N–H and O–H groups in total. The van der Waals surface area contributed by atoms with Crippen LogP contribution in [-0.4, -0.2) is 30.2 Å². The zero-order chi connectivity index (χ0) is 15.2. The molecule has 0 aromatic heterocycles. The summed E-state index contributed by atoms with van der Waals surface area (Å²) >= 11 is 0. The van der Waals surface area contributed by atoms with E-state index in [-0.39, 0.29) is 6.09 Å². The average Bonchev–Trinajstić information content (AvgIpc) is 2.36. The molecule has 0 bridgehead atoms. The first kappa shape index (κ1) is 16.1. The van der Waals surface area contributed by atoms with Crippen LogP contribution in [0.3, 0.4) is 0 Å². The lowest BCUT2D eigenvalue weighted by Crippen LogP contribution is -2.33. The van der Waals surface area contributed by atoms with Crippen LogP contribution in [0.15, 0.2) is 36.9 Å². The highest BCUT2D eigenvalue weighted by molar-refractivity contribution is 5.67. The van der Waals surface area contributed by atoms with Crippen molar-refractivity contribution < 1.29 is 14.3 Å². The largest absolute Gasteiger partial charge is 0.490 e. The number of nitrogens with zero attached hydrogens (tertiary/aromatic N) is 1. The smallest absolute Gasteiger partial charge is 0.410 e. The molecule has 0 aliphatic heterocycles. The second-order valence-corrected chi connectivity index (χ2v) is 5.58. The fraction of sp³-hybridized carbons (Fsp3) is 0.438. The number of hydrogen-bond acceptors (Lipinski definition) is 3. The Hall–Kier alpha value is -1.97. The molecule has 0 atom stereocenters. The molecule has 0 unspecified atom stereocenters. The van der Waals surface area contributed by atoms with Crippen molar-refractivity contribution in [3.63, 3.8) is 0 Å². The molecule has 1 aromatic rings. The van der Waals surface area contributed by atoms with Crippen molar-refractivity contribution in [3.8, 4) is 5.75 Å². The quantitative estimate of drug-likeness (QED) is 0.772. The molecule has 20 heavy (non-hydrogen) atoms. The lowest BCUT2D eigenvalue weighted by atomic mass is 10.2. The summed E-state index contributed by atoms with van der Waals surface area (Å²) in [4.78, 5) is 13.4. The Balaban J connectivity index is 2.55. The first-order valence-electron chi connectivity index (χ1n) is 6.58. The van der Waals surface area contributed by atoms with Gasteiger partial charge in [-0.1, -0.05) is 24.8 Å². The Labute approximate surface area is 121 Å². The van der Waals surface area contributed by atoms with Crippen LogP contribution in [0.2, 0.25) is 0 Å². The van der Waals surface area contributed by atoms with Crippen LogP contribution in [0.1, 0.15) is 26.3 Å². The fourth-order valence-corrected chi connectivity index (χ4v) is 1.52.